The van der Waals surface area contributed by atoms with Gasteiger partial charge in [-0.05, 0) is 41.5 Å². The Morgan fingerprint density at radius 1 is 0.706 bits per heavy atom. The molecule has 0 aliphatic rings. The summed E-state index contributed by atoms with van der Waals surface area (Å²) in [6.07, 6.45) is 0. The maximum Gasteiger partial charge on any atom is 0.350 e. The third-order valence-electron chi connectivity index (χ3n) is 3.14. The van der Waals surface area contributed by atoms with Crippen LogP contribution in [0, 0.1) is 0 Å². The normalized spacial score (nSPS) is 9.53. The number of halogens is 1. The second-order valence-electron chi connectivity index (χ2n) is 3.82. The molecule has 4 heteroatoms. The van der Waals surface area contributed by atoms with Crippen LogP contribution in [0.4, 0.5) is 0 Å². The highest BCUT2D eigenvalue weighted by Gasteiger charge is 2.24. The first kappa shape index (κ1) is 18.6. The Hall–Kier alpha value is -0.800. The lowest BCUT2D eigenvalue weighted by Crippen LogP contribution is -3.00. The van der Waals surface area contributed by atoms with Crippen LogP contribution in [0.15, 0.2) is 0 Å². The van der Waals surface area contributed by atoms with Gasteiger partial charge in [0.2, 0.25) is 0 Å². The van der Waals surface area contributed by atoms with Crippen molar-refractivity contribution in [3.8, 4) is 0 Å². The molecule has 0 unspecified atom stereocenters. The second-order valence-corrected chi connectivity index (χ2v) is 3.82. The van der Waals surface area contributed by atoms with Gasteiger partial charge in [0.1, 0.15) is 0 Å². The number of hydrogen-bond donors (Lipinski definition) is 0. The molecular formula is C13H30FN3. The van der Waals surface area contributed by atoms with Crippen LogP contribution in [0.2, 0.25) is 0 Å². The lowest BCUT2D eigenvalue weighted by atomic mass is 10.4. The van der Waals surface area contributed by atoms with E-state index >= 15 is 0 Å². The van der Waals surface area contributed by atoms with Gasteiger partial charge in [-0.2, -0.15) is 0 Å². The zero-order valence-electron chi connectivity index (χ0n) is 12.5. The molecule has 0 saturated carbocycles. The number of rotatable bonds is 6. The Bertz CT molecular complexity index is 189. The fraction of sp³-hybridized carbons (Fsp3) is 0.923. The van der Waals surface area contributed by atoms with Crippen molar-refractivity contribution in [2.24, 2.45) is 0 Å². The van der Waals surface area contributed by atoms with Crippen molar-refractivity contribution >= 4 is 5.96 Å². The van der Waals surface area contributed by atoms with Crippen molar-refractivity contribution in [3.05, 3.63) is 0 Å². The largest absolute Gasteiger partial charge is 1.00 e. The molecule has 0 heterocycles. The molecule has 0 radical (unpaired) electrons. The molecule has 0 aromatic heterocycles. The van der Waals surface area contributed by atoms with Crippen molar-refractivity contribution in [2.75, 3.05) is 39.3 Å². The van der Waals surface area contributed by atoms with Crippen LogP contribution in [-0.2, 0) is 0 Å². The van der Waals surface area contributed by atoms with E-state index in [1.807, 2.05) is 0 Å². The van der Waals surface area contributed by atoms with Gasteiger partial charge in [-0.3, -0.25) is 14.4 Å². The first-order valence-electron chi connectivity index (χ1n) is 6.81. The molecule has 0 fully saturated rings. The van der Waals surface area contributed by atoms with Crippen LogP contribution in [0.3, 0.4) is 0 Å². The smallest absolute Gasteiger partial charge is 0.350 e. The third kappa shape index (κ3) is 4.92. The lowest BCUT2D eigenvalue weighted by Gasteiger charge is -2.27. The molecule has 0 rings (SSSR count). The Kier molecular flexibility index (Phi) is 11.3. The van der Waals surface area contributed by atoms with Crippen molar-refractivity contribution in [1.29, 1.82) is 0 Å². The molecule has 0 bridgehead atoms. The molecule has 0 amide bonds. The van der Waals surface area contributed by atoms with E-state index in [0.29, 0.717) is 0 Å². The van der Waals surface area contributed by atoms with E-state index < -0.39 is 0 Å². The zero-order valence-corrected chi connectivity index (χ0v) is 12.5. The Balaban J connectivity index is 0. The first-order valence-corrected chi connectivity index (χ1v) is 6.81. The molecule has 0 saturated heterocycles. The highest BCUT2D eigenvalue weighted by atomic mass is 19.0. The topological polar surface area (TPSA) is 9.49 Å². The predicted octanol–water partition coefficient (Wildman–Crippen LogP) is -0.918. The Morgan fingerprint density at radius 2 is 1.00 bits per heavy atom. The van der Waals surface area contributed by atoms with E-state index in [1.165, 1.54) is 5.96 Å². The van der Waals surface area contributed by atoms with Gasteiger partial charge in [0, 0.05) is 0 Å². The fourth-order valence-corrected chi connectivity index (χ4v) is 2.12. The van der Waals surface area contributed by atoms with E-state index in [2.05, 4.69) is 55.9 Å². The van der Waals surface area contributed by atoms with Crippen LogP contribution in [0.25, 0.3) is 0 Å². The minimum absolute atomic E-state index is 0. The van der Waals surface area contributed by atoms with Crippen LogP contribution >= 0.6 is 0 Å². The average molecular weight is 247 g/mol. The number of hydrogen-bond acceptors (Lipinski definition) is 0. The molecule has 0 N–H and O–H groups in total. The fourth-order valence-electron chi connectivity index (χ4n) is 2.12. The molecule has 0 atom stereocenters. The number of nitrogens with zero attached hydrogens (tertiary/aromatic N) is 3. The van der Waals surface area contributed by atoms with E-state index in [1.54, 1.807) is 0 Å². The molecule has 0 aliphatic carbocycles. The lowest BCUT2D eigenvalue weighted by molar-refractivity contribution is -0.531. The van der Waals surface area contributed by atoms with Gasteiger partial charge >= 0.3 is 5.96 Å². The summed E-state index contributed by atoms with van der Waals surface area (Å²) in [5.74, 6) is 1.40. The van der Waals surface area contributed by atoms with Crippen molar-refractivity contribution in [2.45, 2.75) is 41.5 Å². The summed E-state index contributed by atoms with van der Waals surface area (Å²) in [6, 6.07) is 0. The minimum atomic E-state index is 0. The zero-order chi connectivity index (χ0) is 12.6. The first-order chi connectivity index (χ1) is 7.69. The van der Waals surface area contributed by atoms with Gasteiger partial charge in [-0.1, -0.05) is 0 Å². The van der Waals surface area contributed by atoms with E-state index in [9.17, 15) is 0 Å². The van der Waals surface area contributed by atoms with Crippen LogP contribution in [0.5, 0.6) is 0 Å². The molecule has 0 aromatic rings. The molecule has 3 nitrogen and oxygen atoms in total. The van der Waals surface area contributed by atoms with Crippen molar-refractivity contribution < 1.29 is 9.28 Å². The van der Waals surface area contributed by atoms with Crippen LogP contribution in [0.1, 0.15) is 41.5 Å². The van der Waals surface area contributed by atoms with E-state index in [0.717, 1.165) is 39.3 Å². The van der Waals surface area contributed by atoms with Crippen molar-refractivity contribution in [3.63, 3.8) is 0 Å². The van der Waals surface area contributed by atoms with Gasteiger partial charge in [0.25, 0.3) is 0 Å². The summed E-state index contributed by atoms with van der Waals surface area (Å²) in [5.41, 5.74) is 0. The standard InChI is InChI=1S/C13H30N3.FH/c1-7-14(8-2)13(15(9-3)10-4)16(11-5)12-6;/h7-12H2,1-6H3;1H/q+1;/p-1. The predicted molar refractivity (Wildman–Crippen MR) is 72.2 cm³/mol. The highest BCUT2D eigenvalue weighted by molar-refractivity contribution is 5.75. The van der Waals surface area contributed by atoms with Crippen molar-refractivity contribution in [1.82, 2.24) is 9.80 Å². The summed E-state index contributed by atoms with van der Waals surface area (Å²) < 4.78 is 2.46. The van der Waals surface area contributed by atoms with Gasteiger partial charge in [-0.25, -0.2) is 0 Å². The SMILES string of the molecule is CCN(CC)C(N(CC)CC)=[N+](CC)CC.[F-]. The summed E-state index contributed by atoms with van der Waals surface area (Å²) in [4.78, 5) is 4.92. The second kappa shape index (κ2) is 10.4. The van der Waals surface area contributed by atoms with E-state index in [4.69, 9.17) is 0 Å². The highest BCUT2D eigenvalue weighted by Crippen LogP contribution is 2.00. The third-order valence-corrected chi connectivity index (χ3v) is 3.14. The summed E-state index contributed by atoms with van der Waals surface area (Å²) >= 11 is 0. The molecule has 0 spiro atoms. The molecular weight excluding hydrogens is 217 g/mol. The van der Waals surface area contributed by atoms with Crippen LogP contribution < -0.4 is 4.70 Å². The molecule has 104 valence electrons. The molecule has 0 aliphatic heterocycles. The maximum absolute atomic E-state index is 2.46. The molecule has 17 heavy (non-hydrogen) atoms. The van der Waals surface area contributed by atoms with Gasteiger partial charge in [-0.15, -0.1) is 0 Å². The van der Waals surface area contributed by atoms with Crippen LogP contribution in [-0.4, -0.2) is 59.6 Å². The monoisotopic (exact) mass is 247 g/mol. The quantitative estimate of drug-likeness (QED) is 0.341. The molecule has 0 aromatic carbocycles. The summed E-state index contributed by atoms with van der Waals surface area (Å²) in [6.45, 7) is 19.9. The Labute approximate surface area is 106 Å². The van der Waals surface area contributed by atoms with Gasteiger partial charge < -0.3 is 4.70 Å². The summed E-state index contributed by atoms with van der Waals surface area (Å²) in [5, 5.41) is 0. The van der Waals surface area contributed by atoms with Gasteiger partial charge in [0.15, 0.2) is 0 Å². The Morgan fingerprint density at radius 3 is 1.18 bits per heavy atom. The van der Waals surface area contributed by atoms with Gasteiger partial charge in [0.05, 0.1) is 39.3 Å². The number of guanidine groups is 1. The average Bonchev–Trinajstić information content (AvgIpc) is 2.33. The summed E-state index contributed by atoms with van der Waals surface area (Å²) in [7, 11) is 0. The maximum atomic E-state index is 2.46. The van der Waals surface area contributed by atoms with E-state index in [-0.39, 0.29) is 4.70 Å². The minimum Gasteiger partial charge on any atom is -1.00 e.